The molecule has 0 aliphatic carbocycles. The summed E-state index contributed by atoms with van der Waals surface area (Å²) in [7, 11) is 0. The molecule has 5 heteroatoms. The Morgan fingerprint density at radius 2 is 2.05 bits per heavy atom. The number of carbonyl (C=O) groups excluding carboxylic acids is 1. The molecule has 0 saturated heterocycles. The molecule has 0 fully saturated rings. The second kappa shape index (κ2) is 5.89. The van der Waals surface area contributed by atoms with Crippen molar-refractivity contribution in [1.29, 1.82) is 0 Å². The van der Waals surface area contributed by atoms with E-state index in [0.29, 0.717) is 29.3 Å². The predicted molar refractivity (Wildman–Crippen MR) is 78.7 cm³/mol. The average Bonchev–Trinajstić information content (AvgIpc) is 2.44. The first-order valence-corrected chi connectivity index (χ1v) is 6.64. The maximum atomic E-state index is 12.1. The number of hydrogen-bond donors (Lipinski definition) is 1. The molecule has 0 radical (unpaired) electrons. The molecule has 2 amide bonds. The van der Waals surface area contributed by atoms with E-state index >= 15 is 0 Å². The van der Waals surface area contributed by atoms with Crippen molar-refractivity contribution >= 4 is 34.2 Å². The van der Waals surface area contributed by atoms with Crippen LogP contribution in [0.15, 0.2) is 30.5 Å². The van der Waals surface area contributed by atoms with Gasteiger partial charge >= 0.3 is 6.03 Å². The quantitative estimate of drug-likeness (QED) is 0.928. The fourth-order valence-corrected chi connectivity index (χ4v) is 2.16. The van der Waals surface area contributed by atoms with Crippen LogP contribution in [0.3, 0.4) is 0 Å². The standard InChI is InChI=1S/C14H16ClN3O/c1-3-18(4-2)14(19)17-12-8-7-11(15)10-6-5-9-16-13(10)12/h5-9H,3-4H2,1-2H3,(H,17,19). The van der Waals surface area contributed by atoms with E-state index < -0.39 is 0 Å². The smallest absolute Gasteiger partial charge is 0.321 e. The van der Waals surface area contributed by atoms with Gasteiger partial charge in [-0.25, -0.2) is 4.79 Å². The second-order valence-electron chi connectivity index (χ2n) is 4.10. The van der Waals surface area contributed by atoms with Gasteiger partial charge in [0.25, 0.3) is 0 Å². The van der Waals surface area contributed by atoms with Crippen LogP contribution in [0.25, 0.3) is 10.9 Å². The Kier molecular flexibility index (Phi) is 4.22. The number of carbonyl (C=O) groups is 1. The predicted octanol–water partition coefficient (Wildman–Crippen LogP) is 3.76. The van der Waals surface area contributed by atoms with Crippen LogP contribution in [0.5, 0.6) is 0 Å². The summed E-state index contributed by atoms with van der Waals surface area (Å²) in [6.07, 6.45) is 1.69. The molecule has 0 saturated carbocycles. The highest BCUT2D eigenvalue weighted by molar-refractivity contribution is 6.35. The second-order valence-corrected chi connectivity index (χ2v) is 4.50. The van der Waals surface area contributed by atoms with Crippen molar-refractivity contribution < 1.29 is 4.79 Å². The molecule has 1 aromatic heterocycles. The van der Waals surface area contributed by atoms with Gasteiger partial charge < -0.3 is 10.2 Å². The molecular formula is C14H16ClN3O. The van der Waals surface area contributed by atoms with Crippen LogP contribution in [0.2, 0.25) is 5.02 Å². The van der Waals surface area contributed by atoms with Gasteiger partial charge in [-0.3, -0.25) is 4.98 Å². The minimum Gasteiger partial charge on any atom is -0.325 e. The van der Waals surface area contributed by atoms with Crippen LogP contribution in [0, 0.1) is 0 Å². The van der Waals surface area contributed by atoms with E-state index in [9.17, 15) is 4.79 Å². The van der Waals surface area contributed by atoms with Crippen molar-refractivity contribution in [1.82, 2.24) is 9.88 Å². The lowest BCUT2D eigenvalue weighted by molar-refractivity contribution is 0.217. The number of rotatable bonds is 3. The van der Waals surface area contributed by atoms with Gasteiger partial charge in [-0.15, -0.1) is 0 Å². The van der Waals surface area contributed by atoms with E-state index in [1.165, 1.54) is 0 Å². The van der Waals surface area contributed by atoms with Crippen molar-refractivity contribution in [3.63, 3.8) is 0 Å². The zero-order chi connectivity index (χ0) is 13.8. The van der Waals surface area contributed by atoms with E-state index in [1.807, 2.05) is 26.0 Å². The largest absolute Gasteiger partial charge is 0.325 e. The fraction of sp³-hybridized carbons (Fsp3) is 0.286. The summed E-state index contributed by atoms with van der Waals surface area (Å²) in [6, 6.07) is 7.13. The van der Waals surface area contributed by atoms with Gasteiger partial charge in [0.1, 0.15) is 0 Å². The van der Waals surface area contributed by atoms with E-state index in [0.717, 1.165) is 5.39 Å². The van der Waals surface area contributed by atoms with Crippen LogP contribution in [-0.2, 0) is 0 Å². The van der Waals surface area contributed by atoms with Crippen molar-refractivity contribution in [3.8, 4) is 0 Å². The van der Waals surface area contributed by atoms with Gasteiger partial charge in [-0.05, 0) is 38.1 Å². The van der Waals surface area contributed by atoms with Crippen LogP contribution in [-0.4, -0.2) is 29.0 Å². The summed E-state index contributed by atoms with van der Waals surface area (Å²) in [5.74, 6) is 0. The van der Waals surface area contributed by atoms with Crippen molar-refractivity contribution in [2.24, 2.45) is 0 Å². The zero-order valence-electron chi connectivity index (χ0n) is 11.0. The lowest BCUT2D eigenvalue weighted by Crippen LogP contribution is -2.34. The minimum absolute atomic E-state index is 0.126. The molecule has 19 heavy (non-hydrogen) atoms. The molecule has 2 aromatic rings. The number of pyridine rings is 1. The molecule has 0 spiro atoms. The molecule has 0 unspecified atom stereocenters. The number of anilines is 1. The number of aromatic nitrogens is 1. The van der Waals surface area contributed by atoms with Crippen LogP contribution in [0.4, 0.5) is 10.5 Å². The Bertz CT molecular complexity index is 596. The fourth-order valence-electron chi connectivity index (χ4n) is 1.94. The average molecular weight is 278 g/mol. The summed E-state index contributed by atoms with van der Waals surface area (Å²) in [5.41, 5.74) is 1.38. The first-order valence-electron chi connectivity index (χ1n) is 6.26. The molecule has 2 rings (SSSR count). The third kappa shape index (κ3) is 2.79. The van der Waals surface area contributed by atoms with Crippen LogP contribution >= 0.6 is 11.6 Å². The first kappa shape index (κ1) is 13.6. The molecule has 4 nitrogen and oxygen atoms in total. The van der Waals surface area contributed by atoms with Gasteiger partial charge in [-0.1, -0.05) is 11.6 Å². The number of nitrogens with one attached hydrogen (secondary N) is 1. The molecule has 1 N–H and O–H groups in total. The minimum atomic E-state index is -0.126. The third-order valence-electron chi connectivity index (χ3n) is 3.01. The normalized spacial score (nSPS) is 10.5. The van der Waals surface area contributed by atoms with Crippen molar-refractivity contribution in [2.75, 3.05) is 18.4 Å². The number of urea groups is 1. The van der Waals surface area contributed by atoms with Gasteiger partial charge in [0, 0.05) is 24.7 Å². The number of amides is 2. The number of fused-ring (bicyclic) bond motifs is 1. The van der Waals surface area contributed by atoms with Crippen LogP contribution in [0.1, 0.15) is 13.8 Å². The van der Waals surface area contributed by atoms with Gasteiger partial charge in [0.15, 0.2) is 0 Å². The number of nitrogens with zero attached hydrogens (tertiary/aromatic N) is 2. The molecule has 0 atom stereocenters. The van der Waals surface area contributed by atoms with Gasteiger partial charge in [0.05, 0.1) is 16.2 Å². The Labute approximate surface area is 117 Å². The van der Waals surface area contributed by atoms with E-state index in [1.54, 1.807) is 23.2 Å². The molecule has 1 aromatic carbocycles. The molecule has 100 valence electrons. The third-order valence-corrected chi connectivity index (χ3v) is 3.34. The molecule has 0 aliphatic heterocycles. The number of hydrogen-bond acceptors (Lipinski definition) is 2. The molecular weight excluding hydrogens is 262 g/mol. The van der Waals surface area contributed by atoms with Crippen LogP contribution < -0.4 is 5.32 Å². The molecule has 1 heterocycles. The maximum absolute atomic E-state index is 12.1. The lowest BCUT2D eigenvalue weighted by atomic mass is 10.2. The maximum Gasteiger partial charge on any atom is 0.321 e. The first-order chi connectivity index (χ1) is 9.17. The summed E-state index contributed by atoms with van der Waals surface area (Å²) < 4.78 is 0. The van der Waals surface area contributed by atoms with Crippen molar-refractivity contribution in [2.45, 2.75) is 13.8 Å². The Balaban J connectivity index is 2.36. The molecule has 0 bridgehead atoms. The van der Waals surface area contributed by atoms with E-state index in [-0.39, 0.29) is 6.03 Å². The summed E-state index contributed by atoms with van der Waals surface area (Å²) in [5, 5.41) is 4.34. The van der Waals surface area contributed by atoms with E-state index in [2.05, 4.69) is 10.3 Å². The van der Waals surface area contributed by atoms with E-state index in [4.69, 9.17) is 11.6 Å². The van der Waals surface area contributed by atoms with Gasteiger partial charge in [-0.2, -0.15) is 0 Å². The number of halogens is 1. The topological polar surface area (TPSA) is 45.2 Å². The summed E-state index contributed by atoms with van der Waals surface area (Å²) >= 11 is 6.12. The highest BCUT2D eigenvalue weighted by Gasteiger charge is 2.12. The Morgan fingerprint density at radius 1 is 1.32 bits per heavy atom. The Morgan fingerprint density at radius 3 is 2.74 bits per heavy atom. The Hall–Kier alpha value is -1.81. The SMILES string of the molecule is CCN(CC)C(=O)Nc1ccc(Cl)c2cccnc12. The monoisotopic (exact) mass is 277 g/mol. The zero-order valence-corrected chi connectivity index (χ0v) is 11.7. The number of benzene rings is 1. The van der Waals surface area contributed by atoms with Crippen molar-refractivity contribution in [3.05, 3.63) is 35.5 Å². The highest BCUT2D eigenvalue weighted by Crippen LogP contribution is 2.28. The lowest BCUT2D eigenvalue weighted by Gasteiger charge is -2.19. The summed E-state index contributed by atoms with van der Waals surface area (Å²) in [4.78, 5) is 18.1. The highest BCUT2D eigenvalue weighted by atomic mass is 35.5. The molecule has 0 aliphatic rings. The summed E-state index contributed by atoms with van der Waals surface area (Å²) in [6.45, 7) is 5.23. The van der Waals surface area contributed by atoms with Gasteiger partial charge in [0.2, 0.25) is 0 Å².